The number of carbonyl (C=O) groups is 1. The first-order valence-corrected chi connectivity index (χ1v) is 12.8. The Balaban J connectivity index is 1.24. The van der Waals surface area contributed by atoms with Crippen LogP contribution in [0.1, 0.15) is 28.2 Å². The first kappa shape index (κ1) is 24.1. The van der Waals surface area contributed by atoms with Gasteiger partial charge in [0.15, 0.2) is 0 Å². The molecular formula is C24H29N5O4S. The molecular weight excluding hydrogens is 454 g/mol. The van der Waals surface area contributed by atoms with E-state index in [9.17, 15) is 13.2 Å². The van der Waals surface area contributed by atoms with Gasteiger partial charge in [0, 0.05) is 43.7 Å². The fourth-order valence-corrected chi connectivity index (χ4v) is 4.68. The lowest BCUT2D eigenvalue weighted by Gasteiger charge is -2.34. The smallest absolute Gasteiger partial charge is 0.253 e. The Bertz CT molecular complexity index is 1230. The standard InChI is InChI=1S/C24H29N5O4S/c1-18-8-10-19(11-9-18)23-26-22(33-27-23)7-4-12-28-13-15-29(16-14-28)24(30)20-5-3-6-21(17-20)34(31,32)25-2/h3,5-6,8-11,17,25H,4,7,12-16H2,1-2H3. The van der Waals surface area contributed by atoms with Crippen molar-refractivity contribution in [1.29, 1.82) is 0 Å². The minimum atomic E-state index is -3.59. The lowest BCUT2D eigenvalue weighted by atomic mass is 10.1. The van der Waals surface area contributed by atoms with Crippen LogP contribution in [0.3, 0.4) is 0 Å². The highest BCUT2D eigenvalue weighted by Crippen LogP contribution is 2.18. The zero-order valence-corrected chi connectivity index (χ0v) is 20.2. The van der Waals surface area contributed by atoms with Crippen molar-refractivity contribution >= 4 is 15.9 Å². The maximum Gasteiger partial charge on any atom is 0.253 e. The first-order valence-electron chi connectivity index (χ1n) is 11.3. The predicted octanol–water partition coefficient (Wildman–Crippen LogP) is 2.34. The Labute approximate surface area is 199 Å². The molecule has 1 aromatic heterocycles. The van der Waals surface area contributed by atoms with Crippen molar-refractivity contribution in [2.75, 3.05) is 39.8 Å². The Kier molecular flexibility index (Phi) is 7.40. The van der Waals surface area contributed by atoms with Crippen molar-refractivity contribution in [3.05, 3.63) is 65.5 Å². The van der Waals surface area contributed by atoms with Crippen LogP contribution in [0.5, 0.6) is 0 Å². The van der Waals surface area contributed by atoms with E-state index in [1.807, 2.05) is 31.2 Å². The van der Waals surface area contributed by atoms with E-state index in [4.69, 9.17) is 4.52 Å². The maximum atomic E-state index is 12.9. The van der Waals surface area contributed by atoms with E-state index < -0.39 is 10.0 Å². The topological polar surface area (TPSA) is 109 Å². The molecule has 1 aliphatic heterocycles. The first-order chi connectivity index (χ1) is 16.4. The molecule has 0 spiro atoms. The third-order valence-corrected chi connectivity index (χ3v) is 7.37. The van der Waals surface area contributed by atoms with Gasteiger partial charge < -0.3 is 9.42 Å². The van der Waals surface area contributed by atoms with Gasteiger partial charge in [0.2, 0.25) is 21.7 Å². The van der Waals surface area contributed by atoms with Crippen molar-refractivity contribution in [1.82, 2.24) is 24.7 Å². The van der Waals surface area contributed by atoms with Crippen LogP contribution < -0.4 is 4.72 Å². The van der Waals surface area contributed by atoms with Gasteiger partial charge >= 0.3 is 0 Å². The van der Waals surface area contributed by atoms with Gasteiger partial charge in [-0.3, -0.25) is 9.69 Å². The molecule has 0 unspecified atom stereocenters. The second-order valence-corrected chi connectivity index (χ2v) is 10.2. The number of piperazine rings is 1. The summed E-state index contributed by atoms with van der Waals surface area (Å²) in [5.41, 5.74) is 2.51. The van der Waals surface area contributed by atoms with Crippen molar-refractivity contribution in [3.8, 4) is 11.4 Å². The van der Waals surface area contributed by atoms with Gasteiger partial charge in [-0.15, -0.1) is 0 Å². The van der Waals surface area contributed by atoms with Crippen LogP contribution in [-0.2, 0) is 16.4 Å². The Morgan fingerprint density at radius 2 is 1.82 bits per heavy atom. The number of nitrogens with zero attached hydrogens (tertiary/aromatic N) is 4. The quantitative estimate of drug-likeness (QED) is 0.524. The van der Waals surface area contributed by atoms with E-state index in [1.54, 1.807) is 17.0 Å². The Hall–Kier alpha value is -3.08. The summed E-state index contributed by atoms with van der Waals surface area (Å²) in [5, 5.41) is 4.08. The molecule has 34 heavy (non-hydrogen) atoms. The van der Waals surface area contributed by atoms with Gasteiger partial charge in [0.05, 0.1) is 4.90 Å². The van der Waals surface area contributed by atoms with Gasteiger partial charge in [-0.2, -0.15) is 4.98 Å². The van der Waals surface area contributed by atoms with E-state index in [2.05, 4.69) is 19.8 Å². The fourth-order valence-electron chi connectivity index (χ4n) is 3.90. The molecule has 2 aromatic carbocycles. The van der Waals surface area contributed by atoms with Crippen LogP contribution in [0, 0.1) is 6.92 Å². The lowest BCUT2D eigenvalue weighted by Crippen LogP contribution is -2.48. The molecule has 0 bridgehead atoms. The zero-order chi connectivity index (χ0) is 24.1. The molecule has 0 atom stereocenters. The number of hydrogen-bond donors (Lipinski definition) is 1. The molecule has 3 aromatic rings. The number of aromatic nitrogens is 2. The predicted molar refractivity (Wildman–Crippen MR) is 128 cm³/mol. The second-order valence-electron chi connectivity index (χ2n) is 8.35. The molecule has 1 amide bonds. The average Bonchev–Trinajstić information content (AvgIpc) is 3.33. The number of nitrogens with one attached hydrogen (secondary N) is 1. The van der Waals surface area contributed by atoms with Crippen molar-refractivity contribution in [2.45, 2.75) is 24.7 Å². The van der Waals surface area contributed by atoms with Gasteiger partial charge in [-0.25, -0.2) is 13.1 Å². The highest BCUT2D eigenvalue weighted by atomic mass is 32.2. The number of sulfonamides is 1. The highest BCUT2D eigenvalue weighted by Gasteiger charge is 2.23. The van der Waals surface area contributed by atoms with E-state index in [1.165, 1.54) is 24.7 Å². The van der Waals surface area contributed by atoms with Crippen LogP contribution >= 0.6 is 0 Å². The number of rotatable bonds is 8. The number of aryl methyl sites for hydroxylation is 2. The largest absolute Gasteiger partial charge is 0.339 e. The van der Waals surface area contributed by atoms with Gasteiger partial charge in [-0.1, -0.05) is 41.1 Å². The van der Waals surface area contributed by atoms with E-state index in [-0.39, 0.29) is 10.8 Å². The minimum Gasteiger partial charge on any atom is -0.339 e. The van der Waals surface area contributed by atoms with Crippen molar-refractivity contribution < 1.29 is 17.7 Å². The van der Waals surface area contributed by atoms with Crippen molar-refractivity contribution in [3.63, 3.8) is 0 Å². The summed E-state index contributed by atoms with van der Waals surface area (Å²) in [4.78, 5) is 21.5. The third kappa shape index (κ3) is 5.69. The number of amides is 1. The van der Waals surface area contributed by atoms with Gasteiger partial charge in [0.25, 0.3) is 5.91 Å². The lowest BCUT2D eigenvalue weighted by molar-refractivity contribution is 0.0635. The highest BCUT2D eigenvalue weighted by molar-refractivity contribution is 7.89. The summed E-state index contributed by atoms with van der Waals surface area (Å²) in [6.45, 7) is 5.63. The molecule has 0 aliphatic carbocycles. The SMILES string of the molecule is CNS(=O)(=O)c1cccc(C(=O)N2CCN(CCCc3nc(-c4ccc(C)cc4)no3)CC2)c1. The normalized spacial score (nSPS) is 14.9. The summed E-state index contributed by atoms with van der Waals surface area (Å²) in [7, 11) is -2.24. The molecule has 2 heterocycles. The van der Waals surface area contributed by atoms with E-state index in [0.29, 0.717) is 36.8 Å². The maximum absolute atomic E-state index is 12.9. The molecule has 1 aliphatic rings. The van der Waals surface area contributed by atoms with E-state index >= 15 is 0 Å². The van der Waals surface area contributed by atoms with Crippen LogP contribution in [0.4, 0.5) is 0 Å². The summed E-state index contributed by atoms with van der Waals surface area (Å²) in [6, 6.07) is 14.2. The Morgan fingerprint density at radius 3 is 2.53 bits per heavy atom. The molecule has 4 rings (SSSR count). The summed E-state index contributed by atoms with van der Waals surface area (Å²) >= 11 is 0. The number of benzene rings is 2. The summed E-state index contributed by atoms with van der Waals surface area (Å²) in [5.74, 6) is 1.08. The molecule has 1 saturated heterocycles. The van der Waals surface area contributed by atoms with E-state index in [0.717, 1.165) is 31.6 Å². The molecule has 1 fully saturated rings. The molecule has 10 heteroatoms. The monoisotopic (exact) mass is 483 g/mol. The van der Waals surface area contributed by atoms with Crippen molar-refractivity contribution in [2.24, 2.45) is 0 Å². The van der Waals surface area contributed by atoms with Crippen LogP contribution in [-0.4, -0.2) is 74.0 Å². The molecule has 0 saturated carbocycles. The van der Waals surface area contributed by atoms with Crippen LogP contribution in [0.15, 0.2) is 57.9 Å². The van der Waals surface area contributed by atoms with Gasteiger partial charge in [-0.05, 0) is 45.1 Å². The summed E-state index contributed by atoms with van der Waals surface area (Å²) < 4.78 is 31.7. The average molecular weight is 484 g/mol. The van der Waals surface area contributed by atoms with Gasteiger partial charge in [0.1, 0.15) is 0 Å². The molecule has 0 radical (unpaired) electrons. The summed E-state index contributed by atoms with van der Waals surface area (Å²) in [6.07, 6.45) is 1.58. The third-order valence-electron chi connectivity index (χ3n) is 5.96. The second kappa shape index (κ2) is 10.5. The minimum absolute atomic E-state index is 0.0889. The zero-order valence-electron chi connectivity index (χ0n) is 19.4. The van der Waals surface area contributed by atoms with Crippen LogP contribution in [0.2, 0.25) is 0 Å². The number of hydrogen-bond acceptors (Lipinski definition) is 7. The Morgan fingerprint density at radius 1 is 1.09 bits per heavy atom. The molecule has 1 N–H and O–H groups in total. The fraction of sp³-hybridized carbons (Fsp3) is 0.375. The molecule has 9 nitrogen and oxygen atoms in total. The van der Waals surface area contributed by atoms with Crippen LogP contribution in [0.25, 0.3) is 11.4 Å². The molecule has 180 valence electrons. The number of carbonyl (C=O) groups excluding carboxylic acids is 1.